The summed E-state index contributed by atoms with van der Waals surface area (Å²) in [6, 6.07) is 16.1. The van der Waals surface area contributed by atoms with Crippen LogP contribution in [0.2, 0.25) is 0 Å². The number of nitrogens with zero attached hydrogens (tertiary/aromatic N) is 1. The van der Waals surface area contributed by atoms with Crippen molar-refractivity contribution in [2.24, 2.45) is 0 Å². The first kappa shape index (κ1) is 18.6. The Morgan fingerprint density at radius 3 is 2.32 bits per heavy atom. The number of morpholine rings is 1. The van der Waals surface area contributed by atoms with Crippen molar-refractivity contribution in [1.29, 1.82) is 0 Å². The molecule has 0 aliphatic carbocycles. The second-order valence-corrected chi connectivity index (χ2v) is 7.22. The fourth-order valence-corrected chi connectivity index (χ4v) is 3.89. The van der Waals surface area contributed by atoms with Crippen LogP contribution < -0.4 is 19.4 Å². The summed E-state index contributed by atoms with van der Waals surface area (Å²) in [5, 5.41) is 2.27. The Bertz CT molecular complexity index is 1060. The summed E-state index contributed by atoms with van der Waals surface area (Å²) in [5.74, 6) is 2.17. The van der Waals surface area contributed by atoms with Crippen molar-refractivity contribution in [3.05, 3.63) is 53.9 Å². The topological polar surface area (TPSA) is 43.8 Å². The lowest BCUT2D eigenvalue weighted by molar-refractivity contribution is -0.0261. The lowest BCUT2D eigenvalue weighted by Gasteiger charge is -2.23. The zero-order valence-electron chi connectivity index (χ0n) is 16.8. The minimum atomic E-state index is 0.184. The summed E-state index contributed by atoms with van der Waals surface area (Å²) in [6.45, 7) is 5.94. The second-order valence-electron chi connectivity index (χ2n) is 7.22. The number of methoxy groups -OCH3 is 2. The van der Waals surface area contributed by atoms with E-state index in [2.05, 4.69) is 30.6 Å². The summed E-state index contributed by atoms with van der Waals surface area (Å²) >= 11 is 0. The number of hydrogen-bond donors (Lipinski definition) is 0. The first-order valence-electron chi connectivity index (χ1n) is 9.57. The van der Waals surface area contributed by atoms with Crippen LogP contribution in [0, 0.1) is 0 Å². The van der Waals surface area contributed by atoms with Gasteiger partial charge in [-0.15, -0.1) is 0 Å². The molecule has 0 spiro atoms. The molecule has 1 aromatic heterocycles. The van der Waals surface area contributed by atoms with Crippen LogP contribution in [-0.2, 0) is 4.74 Å². The van der Waals surface area contributed by atoms with E-state index in [1.165, 1.54) is 0 Å². The van der Waals surface area contributed by atoms with Gasteiger partial charge in [-0.25, -0.2) is 4.58 Å². The van der Waals surface area contributed by atoms with Gasteiger partial charge in [-0.05, 0) is 44.2 Å². The van der Waals surface area contributed by atoms with Gasteiger partial charge >= 0.3 is 0 Å². The zero-order valence-corrected chi connectivity index (χ0v) is 16.8. The van der Waals surface area contributed by atoms with Gasteiger partial charge in [0.1, 0.15) is 23.6 Å². The van der Waals surface area contributed by atoms with Crippen molar-refractivity contribution < 1.29 is 18.6 Å². The highest BCUT2D eigenvalue weighted by Crippen LogP contribution is 2.32. The maximum absolute atomic E-state index is 6.25. The molecule has 2 aromatic carbocycles. The van der Waals surface area contributed by atoms with Gasteiger partial charge in [0.15, 0.2) is 24.6 Å². The van der Waals surface area contributed by atoms with Crippen LogP contribution in [0.4, 0.5) is 0 Å². The van der Waals surface area contributed by atoms with Crippen molar-refractivity contribution in [3.63, 3.8) is 0 Å². The quantitative estimate of drug-likeness (QED) is 0.650. The molecule has 1 saturated heterocycles. The van der Waals surface area contributed by atoms with Gasteiger partial charge in [0.25, 0.3) is 0 Å². The van der Waals surface area contributed by atoms with Gasteiger partial charge < -0.3 is 18.6 Å². The monoisotopic (exact) mass is 380 g/mol. The van der Waals surface area contributed by atoms with Crippen LogP contribution in [0.25, 0.3) is 22.3 Å². The molecule has 0 N–H and O–H groups in total. The predicted octanol–water partition coefficient (Wildman–Crippen LogP) is 3.70. The maximum atomic E-state index is 6.25. The minimum absolute atomic E-state index is 0.184. The Hall–Kier alpha value is -2.79. The Morgan fingerprint density at radius 1 is 0.893 bits per heavy atom. The Morgan fingerprint density at radius 2 is 1.61 bits per heavy atom. The average molecular weight is 380 g/mol. The zero-order chi connectivity index (χ0) is 19.7. The standard InChI is InChI=1S/C23H26NO4/c1-15-13-24(14-16(2)27-15)19-12-22(28-20-8-6-5-7-18(19)20)17-9-10-21(25-3)23(11-17)26-4/h5-12,15-16H,13-14H2,1-4H3/q+1/t15-,16+. The lowest BCUT2D eigenvalue weighted by Crippen LogP contribution is -2.47. The molecule has 1 fully saturated rings. The molecule has 5 heteroatoms. The Kier molecular flexibility index (Phi) is 5.09. The molecule has 0 radical (unpaired) electrons. The fraction of sp³-hybridized carbons (Fsp3) is 0.348. The highest BCUT2D eigenvalue weighted by atomic mass is 16.5. The van der Waals surface area contributed by atoms with Crippen LogP contribution in [0.15, 0.2) is 52.9 Å². The third kappa shape index (κ3) is 3.50. The van der Waals surface area contributed by atoms with Crippen LogP contribution >= 0.6 is 0 Å². The molecule has 4 rings (SSSR count). The number of rotatable bonds is 3. The predicted molar refractivity (Wildman–Crippen MR) is 110 cm³/mol. The smallest absolute Gasteiger partial charge is 0.214 e. The minimum Gasteiger partial charge on any atom is -0.493 e. The number of benzene rings is 2. The molecule has 1 aliphatic rings. The van der Waals surface area contributed by atoms with Crippen molar-refractivity contribution >= 4 is 11.0 Å². The average Bonchev–Trinajstić information content (AvgIpc) is 2.71. The van der Waals surface area contributed by atoms with Crippen LogP contribution in [0.5, 0.6) is 11.5 Å². The molecule has 5 nitrogen and oxygen atoms in total. The SMILES string of the molecule is COc1ccc(-c2cc(=[N+]3C[C@@H](C)O[C@@H](C)C3)c3ccccc3o2)cc1OC. The molecule has 2 heterocycles. The first-order chi connectivity index (χ1) is 13.6. The summed E-state index contributed by atoms with van der Waals surface area (Å²) in [4.78, 5) is 0. The molecule has 28 heavy (non-hydrogen) atoms. The van der Waals surface area contributed by atoms with Gasteiger partial charge in [-0.2, -0.15) is 0 Å². The number of fused-ring (bicyclic) bond motifs is 1. The molecule has 2 atom stereocenters. The molecule has 3 aromatic rings. The van der Waals surface area contributed by atoms with Crippen molar-refractivity contribution in [2.75, 3.05) is 27.3 Å². The Balaban J connectivity index is 1.95. The number of ether oxygens (including phenoxy) is 3. The summed E-state index contributed by atoms with van der Waals surface area (Å²) in [6.07, 6.45) is 0.369. The largest absolute Gasteiger partial charge is 0.493 e. The van der Waals surface area contributed by atoms with Gasteiger partial charge in [0.2, 0.25) is 5.36 Å². The summed E-state index contributed by atoms with van der Waals surface area (Å²) < 4.78 is 25.4. The molecular weight excluding hydrogens is 354 g/mol. The van der Waals surface area contributed by atoms with Crippen molar-refractivity contribution in [2.45, 2.75) is 26.1 Å². The number of para-hydroxylation sites is 1. The molecule has 0 amide bonds. The van der Waals surface area contributed by atoms with E-state index in [-0.39, 0.29) is 12.2 Å². The molecule has 0 saturated carbocycles. The van der Waals surface area contributed by atoms with E-state index in [0.29, 0.717) is 11.5 Å². The van der Waals surface area contributed by atoms with Gasteiger partial charge in [0.05, 0.1) is 25.7 Å². The third-order valence-corrected chi connectivity index (χ3v) is 5.08. The summed E-state index contributed by atoms with van der Waals surface area (Å²) in [7, 11) is 3.28. The number of hydrogen-bond acceptors (Lipinski definition) is 4. The van der Waals surface area contributed by atoms with Gasteiger partial charge in [-0.3, -0.25) is 0 Å². The van der Waals surface area contributed by atoms with E-state index in [1.54, 1.807) is 14.2 Å². The van der Waals surface area contributed by atoms with Gasteiger partial charge in [-0.1, -0.05) is 12.1 Å². The summed E-state index contributed by atoms with van der Waals surface area (Å²) in [5.41, 5.74) is 1.80. The van der Waals surface area contributed by atoms with E-state index >= 15 is 0 Å². The second kappa shape index (κ2) is 7.68. The molecule has 0 bridgehead atoms. The lowest BCUT2D eigenvalue weighted by atomic mass is 10.1. The van der Waals surface area contributed by atoms with E-state index < -0.39 is 0 Å². The maximum Gasteiger partial charge on any atom is 0.214 e. The van der Waals surface area contributed by atoms with Gasteiger partial charge in [0, 0.05) is 5.56 Å². The fourth-order valence-electron chi connectivity index (χ4n) is 3.89. The van der Waals surface area contributed by atoms with Crippen molar-refractivity contribution in [1.82, 2.24) is 4.58 Å². The molecular formula is C23H26NO4+. The highest BCUT2D eigenvalue weighted by Gasteiger charge is 2.26. The van der Waals surface area contributed by atoms with E-state index in [4.69, 9.17) is 18.6 Å². The van der Waals surface area contributed by atoms with E-state index in [0.717, 1.165) is 40.7 Å². The third-order valence-electron chi connectivity index (χ3n) is 5.08. The van der Waals surface area contributed by atoms with Crippen LogP contribution in [0.3, 0.4) is 0 Å². The first-order valence-corrected chi connectivity index (χ1v) is 9.57. The van der Waals surface area contributed by atoms with E-state index in [9.17, 15) is 0 Å². The van der Waals surface area contributed by atoms with Crippen LogP contribution in [-0.4, -0.2) is 39.5 Å². The van der Waals surface area contributed by atoms with E-state index in [1.807, 2.05) is 36.4 Å². The van der Waals surface area contributed by atoms with Crippen LogP contribution in [0.1, 0.15) is 13.8 Å². The highest BCUT2D eigenvalue weighted by molar-refractivity contribution is 5.78. The van der Waals surface area contributed by atoms with Crippen molar-refractivity contribution in [3.8, 4) is 22.8 Å². The molecule has 146 valence electrons. The normalized spacial score (nSPS) is 21.6. The Labute approximate surface area is 164 Å². The molecule has 0 unspecified atom stereocenters. The molecule has 1 aliphatic heterocycles.